The molecule has 0 aromatic heterocycles. The van der Waals surface area contributed by atoms with E-state index in [1.807, 2.05) is 11.1 Å². The number of nitrogens with zero attached hydrogens (tertiary/aromatic N) is 3. The van der Waals surface area contributed by atoms with Gasteiger partial charge in [-0.05, 0) is 41.2 Å². The lowest BCUT2D eigenvalue weighted by Gasteiger charge is -2.37. The molecule has 0 spiro atoms. The van der Waals surface area contributed by atoms with Crippen molar-refractivity contribution in [2.24, 2.45) is 4.99 Å². The molecule has 1 atom stereocenters. The number of ether oxygens (including phenoxy) is 1. The molecule has 2 heterocycles. The third kappa shape index (κ3) is 5.37. The molecule has 0 saturated carbocycles. The zero-order valence-electron chi connectivity index (χ0n) is 13.9. The second-order valence-electron chi connectivity index (χ2n) is 7.21. The van der Waals surface area contributed by atoms with E-state index in [9.17, 15) is 5.11 Å². The maximum atomic E-state index is 10.6. The van der Waals surface area contributed by atoms with Crippen molar-refractivity contribution in [1.29, 1.82) is 0 Å². The van der Waals surface area contributed by atoms with Crippen LogP contribution in [0.2, 0.25) is 25.7 Å². The van der Waals surface area contributed by atoms with E-state index in [1.54, 1.807) is 0 Å². The number of piperidine rings is 1. The molecule has 2 rings (SSSR count). The molecule has 0 radical (unpaired) electrons. The normalized spacial score (nSPS) is 23.4. The molecule has 1 unspecified atom stereocenters. The van der Waals surface area contributed by atoms with E-state index >= 15 is 0 Å². The van der Waals surface area contributed by atoms with Gasteiger partial charge in [0.25, 0.3) is 0 Å². The quantitative estimate of drug-likeness (QED) is 0.445. The number of aliphatic imine (C=N–C) groups is 1. The monoisotopic (exact) mass is 389 g/mol. The van der Waals surface area contributed by atoms with E-state index in [4.69, 9.17) is 4.74 Å². The summed E-state index contributed by atoms with van der Waals surface area (Å²) in [5, 5.41) is 10.6. The Morgan fingerprint density at radius 2 is 2.00 bits per heavy atom. The third-order valence-corrected chi connectivity index (χ3v) is 6.04. The molecule has 0 amide bonds. The summed E-state index contributed by atoms with van der Waals surface area (Å²) in [6.07, 6.45) is 4.69. The fraction of sp³-hybridized carbons (Fsp3) is 0.800. The molecule has 126 valence electrons. The number of rotatable bonds is 5. The van der Waals surface area contributed by atoms with Crippen LogP contribution in [-0.4, -0.2) is 61.5 Å². The molecule has 1 fully saturated rings. The van der Waals surface area contributed by atoms with Gasteiger partial charge in [0.2, 0.25) is 0 Å². The van der Waals surface area contributed by atoms with Crippen LogP contribution in [0.4, 0.5) is 0 Å². The van der Waals surface area contributed by atoms with Gasteiger partial charge in [0.15, 0.2) is 12.1 Å². The van der Waals surface area contributed by atoms with Gasteiger partial charge in [-0.3, -0.25) is 0 Å². The number of amidine groups is 1. The minimum Gasteiger partial charge on any atom is -0.367 e. The van der Waals surface area contributed by atoms with E-state index in [0.717, 1.165) is 36.2 Å². The van der Waals surface area contributed by atoms with Crippen LogP contribution in [0.5, 0.6) is 0 Å². The van der Waals surface area contributed by atoms with Crippen LogP contribution in [0, 0.1) is 0 Å². The highest BCUT2D eigenvalue weighted by molar-refractivity contribution is 9.11. The Hall–Kier alpha value is -0.373. The van der Waals surface area contributed by atoms with Gasteiger partial charge in [-0.15, -0.1) is 0 Å². The highest BCUT2D eigenvalue weighted by Gasteiger charge is 2.29. The zero-order valence-corrected chi connectivity index (χ0v) is 16.5. The number of hydrogen-bond donors (Lipinski definition) is 1. The molecule has 22 heavy (non-hydrogen) atoms. The Labute approximate surface area is 143 Å². The van der Waals surface area contributed by atoms with Gasteiger partial charge in [-0.25, -0.2) is 4.99 Å². The Morgan fingerprint density at radius 3 is 2.64 bits per heavy atom. The summed E-state index contributed by atoms with van der Waals surface area (Å²) in [6, 6.07) is 1.13. The molecule has 7 heteroatoms. The van der Waals surface area contributed by atoms with E-state index in [1.165, 1.54) is 19.3 Å². The van der Waals surface area contributed by atoms with E-state index < -0.39 is 14.3 Å². The van der Waals surface area contributed by atoms with Crippen LogP contribution >= 0.6 is 15.9 Å². The summed E-state index contributed by atoms with van der Waals surface area (Å²) < 4.78 is 6.51. The second-order valence-corrected chi connectivity index (χ2v) is 13.6. The summed E-state index contributed by atoms with van der Waals surface area (Å²) in [5.41, 5.74) is 0. The highest BCUT2D eigenvalue weighted by atomic mass is 79.9. The zero-order chi connectivity index (χ0) is 16.2. The van der Waals surface area contributed by atoms with Crippen molar-refractivity contribution in [3.63, 3.8) is 0 Å². The fourth-order valence-electron chi connectivity index (χ4n) is 2.56. The minimum absolute atomic E-state index is 0.396. The largest absolute Gasteiger partial charge is 0.367 e. The average molecular weight is 390 g/mol. The molecule has 5 nitrogen and oxygen atoms in total. The molecular formula is C15H28BrN3O2Si. The predicted molar refractivity (Wildman–Crippen MR) is 96.7 cm³/mol. The molecule has 1 saturated heterocycles. The van der Waals surface area contributed by atoms with Gasteiger partial charge in [0.1, 0.15) is 11.3 Å². The lowest BCUT2D eigenvalue weighted by atomic mass is 10.1. The minimum atomic E-state index is -1.08. The number of likely N-dealkylation sites (tertiary alicyclic amines) is 1. The van der Waals surface area contributed by atoms with Crippen LogP contribution < -0.4 is 0 Å². The van der Waals surface area contributed by atoms with Crippen LogP contribution in [0.15, 0.2) is 15.8 Å². The van der Waals surface area contributed by atoms with Crippen molar-refractivity contribution < 1.29 is 9.84 Å². The van der Waals surface area contributed by atoms with Crippen molar-refractivity contribution in [1.82, 2.24) is 9.80 Å². The SMILES string of the molecule is C[Si](C)(C)CCOCN1C=C(Br)N=C(N2CCCCC2)C1O. The standard InChI is InChI=1S/C15H28BrN3O2Si/c1-22(2,3)10-9-21-12-19-11-13(16)17-14(15(19)20)18-7-5-4-6-8-18/h11,15,20H,4-10,12H2,1-3H3. The van der Waals surface area contributed by atoms with Gasteiger partial charge in [-0.2, -0.15) is 0 Å². The Balaban J connectivity index is 1.89. The Kier molecular flexibility index (Phi) is 6.49. The summed E-state index contributed by atoms with van der Waals surface area (Å²) in [4.78, 5) is 8.49. The summed E-state index contributed by atoms with van der Waals surface area (Å²) >= 11 is 3.45. The number of aliphatic hydroxyl groups excluding tert-OH is 1. The van der Waals surface area contributed by atoms with Crippen LogP contribution in [0.25, 0.3) is 0 Å². The van der Waals surface area contributed by atoms with Crippen LogP contribution in [0.1, 0.15) is 19.3 Å². The lowest BCUT2D eigenvalue weighted by molar-refractivity contribution is -0.0148. The number of halogens is 1. The van der Waals surface area contributed by atoms with Crippen molar-refractivity contribution in [3.8, 4) is 0 Å². The first-order chi connectivity index (χ1) is 10.4. The van der Waals surface area contributed by atoms with Crippen molar-refractivity contribution >= 4 is 29.8 Å². The molecule has 2 aliphatic rings. The first kappa shape index (κ1) is 18.0. The molecule has 0 aliphatic carbocycles. The first-order valence-electron chi connectivity index (χ1n) is 8.09. The van der Waals surface area contributed by atoms with E-state index in [-0.39, 0.29) is 0 Å². The molecular weight excluding hydrogens is 362 g/mol. The second kappa shape index (κ2) is 7.94. The van der Waals surface area contributed by atoms with Gasteiger partial charge in [-0.1, -0.05) is 19.6 Å². The van der Waals surface area contributed by atoms with Crippen molar-refractivity contribution in [2.45, 2.75) is 51.2 Å². The van der Waals surface area contributed by atoms with Crippen molar-refractivity contribution in [2.75, 3.05) is 26.4 Å². The summed E-state index contributed by atoms with van der Waals surface area (Å²) in [5.74, 6) is 0.739. The molecule has 2 aliphatic heterocycles. The average Bonchev–Trinajstić information content (AvgIpc) is 2.46. The smallest absolute Gasteiger partial charge is 0.187 e. The topological polar surface area (TPSA) is 48.3 Å². The fourth-order valence-corrected chi connectivity index (χ4v) is 3.77. The van der Waals surface area contributed by atoms with E-state index in [0.29, 0.717) is 6.73 Å². The third-order valence-electron chi connectivity index (χ3n) is 3.96. The molecule has 0 aromatic rings. The van der Waals surface area contributed by atoms with Gasteiger partial charge < -0.3 is 19.6 Å². The van der Waals surface area contributed by atoms with Crippen LogP contribution in [-0.2, 0) is 4.74 Å². The molecule has 0 aromatic carbocycles. The van der Waals surface area contributed by atoms with Gasteiger partial charge >= 0.3 is 0 Å². The summed E-state index contributed by atoms with van der Waals surface area (Å²) in [6.45, 7) is 10.1. The summed E-state index contributed by atoms with van der Waals surface area (Å²) in [7, 11) is -1.08. The lowest BCUT2D eigenvalue weighted by Crippen LogP contribution is -2.50. The highest BCUT2D eigenvalue weighted by Crippen LogP contribution is 2.22. The number of aliphatic hydroxyl groups is 1. The van der Waals surface area contributed by atoms with Gasteiger partial charge in [0, 0.05) is 34.0 Å². The van der Waals surface area contributed by atoms with Crippen LogP contribution in [0.3, 0.4) is 0 Å². The maximum Gasteiger partial charge on any atom is 0.187 e. The predicted octanol–water partition coefficient (Wildman–Crippen LogP) is 3.01. The molecule has 1 N–H and O–H groups in total. The van der Waals surface area contributed by atoms with Crippen molar-refractivity contribution in [3.05, 3.63) is 10.8 Å². The van der Waals surface area contributed by atoms with E-state index in [2.05, 4.69) is 45.5 Å². The Morgan fingerprint density at radius 1 is 1.32 bits per heavy atom. The number of hydrogen-bond acceptors (Lipinski definition) is 5. The molecule has 0 bridgehead atoms. The Bertz CT molecular complexity index is 431. The maximum absolute atomic E-state index is 10.6. The van der Waals surface area contributed by atoms with Gasteiger partial charge in [0.05, 0.1) is 0 Å². The first-order valence-corrected chi connectivity index (χ1v) is 12.6.